The molecule has 29 heavy (non-hydrogen) atoms. The largest absolute Gasteiger partial charge is 0.394 e. The van der Waals surface area contributed by atoms with E-state index in [2.05, 4.69) is 5.32 Å². The van der Waals surface area contributed by atoms with E-state index in [4.69, 9.17) is 0 Å². The Morgan fingerprint density at radius 3 is 2.21 bits per heavy atom. The Kier molecular flexibility index (Phi) is 6.02. The lowest BCUT2D eigenvalue weighted by Crippen LogP contribution is -2.58. The molecule has 0 radical (unpaired) electrons. The van der Waals surface area contributed by atoms with Crippen LogP contribution in [0, 0.1) is 0 Å². The van der Waals surface area contributed by atoms with Crippen molar-refractivity contribution in [1.29, 1.82) is 0 Å². The first-order valence-electron chi connectivity index (χ1n) is 9.46. The molecule has 0 aliphatic carbocycles. The fourth-order valence-electron chi connectivity index (χ4n) is 3.95. The number of nitrogens with one attached hydrogen (secondary N) is 1. The van der Waals surface area contributed by atoms with Crippen molar-refractivity contribution in [3.63, 3.8) is 0 Å². The number of nitrogens with zero attached hydrogens (tertiary/aromatic N) is 1. The zero-order valence-corrected chi connectivity index (χ0v) is 16.3. The van der Waals surface area contributed by atoms with Crippen molar-refractivity contribution in [2.75, 3.05) is 31.8 Å². The van der Waals surface area contributed by atoms with Gasteiger partial charge in [-0.1, -0.05) is 48.5 Å². The minimum absolute atomic E-state index is 0.177. The molecule has 1 aliphatic heterocycles. The molecule has 7 heteroatoms. The van der Waals surface area contributed by atoms with Crippen molar-refractivity contribution < 1.29 is 24.9 Å². The summed E-state index contributed by atoms with van der Waals surface area (Å²) in [7, 11) is 1.69. The second kappa shape index (κ2) is 8.32. The number of aliphatic hydroxyl groups excluding tert-OH is 3. The number of hydrogen-bond acceptors (Lipinski definition) is 5. The van der Waals surface area contributed by atoms with Gasteiger partial charge in [-0.3, -0.25) is 9.59 Å². The molecule has 0 fully saturated rings. The van der Waals surface area contributed by atoms with Gasteiger partial charge in [-0.25, -0.2) is 0 Å². The lowest BCUT2D eigenvalue weighted by molar-refractivity contribution is -0.132. The lowest BCUT2D eigenvalue weighted by Gasteiger charge is -2.32. The van der Waals surface area contributed by atoms with E-state index in [9.17, 15) is 24.9 Å². The van der Waals surface area contributed by atoms with Gasteiger partial charge < -0.3 is 25.5 Å². The van der Waals surface area contributed by atoms with E-state index < -0.39 is 36.7 Å². The van der Waals surface area contributed by atoms with Crippen LogP contribution in [0.5, 0.6) is 0 Å². The number of para-hydroxylation sites is 1. The van der Waals surface area contributed by atoms with Crippen molar-refractivity contribution in [1.82, 2.24) is 5.32 Å². The predicted octanol–water partition coefficient (Wildman–Crippen LogP) is 0.366. The number of rotatable bonds is 8. The molecule has 0 aromatic heterocycles. The summed E-state index contributed by atoms with van der Waals surface area (Å²) >= 11 is 0. The highest BCUT2D eigenvalue weighted by Gasteiger charge is 2.51. The van der Waals surface area contributed by atoms with Crippen LogP contribution in [0.2, 0.25) is 0 Å². The molecular weight excluding hydrogens is 372 g/mol. The fourth-order valence-corrected chi connectivity index (χ4v) is 3.95. The molecule has 7 nitrogen and oxygen atoms in total. The van der Waals surface area contributed by atoms with Gasteiger partial charge in [0.2, 0.25) is 11.8 Å². The Balaban J connectivity index is 2.01. The van der Waals surface area contributed by atoms with E-state index >= 15 is 0 Å². The summed E-state index contributed by atoms with van der Waals surface area (Å²) < 4.78 is 0. The Labute approximate surface area is 169 Å². The molecular formula is C22H26N2O5. The summed E-state index contributed by atoms with van der Waals surface area (Å²) in [5.74, 6) is -0.725. The molecule has 1 aliphatic rings. The van der Waals surface area contributed by atoms with E-state index in [1.165, 1.54) is 0 Å². The molecule has 2 amide bonds. The lowest BCUT2D eigenvalue weighted by atomic mass is 9.73. The van der Waals surface area contributed by atoms with Gasteiger partial charge in [-0.15, -0.1) is 0 Å². The van der Waals surface area contributed by atoms with Crippen LogP contribution in [-0.4, -0.2) is 59.5 Å². The number of aliphatic hydroxyl groups is 3. The van der Waals surface area contributed by atoms with Gasteiger partial charge in [0.25, 0.3) is 0 Å². The normalized spacial score (nSPS) is 18.6. The second-order valence-electron chi connectivity index (χ2n) is 7.61. The van der Waals surface area contributed by atoms with Gasteiger partial charge in [0.05, 0.1) is 25.2 Å². The van der Waals surface area contributed by atoms with Crippen molar-refractivity contribution in [3.05, 3.63) is 65.7 Å². The number of anilines is 1. The summed E-state index contributed by atoms with van der Waals surface area (Å²) in [5, 5.41) is 31.1. The first kappa shape index (κ1) is 21.0. The summed E-state index contributed by atoms with van der Waals surface area (Å²) in [6, 6.07) is 16.8. The highest BCUT2D eigenvalue weighted by Crippen LogP contribution is 2.45. The smallest absolute Gasteiger partial charge is 0.238 e. The maximum absolute atomic E-state index is 13.4. The van der Waals surface area contributed by atoms with E-state index in [0.717, 1.165) is 16.8 Å². The predicted molar refractivity (Wildman–Crippen MR) is 108 cm³/mol. The standard InChI is InChI=1S/C22H26N2O5/c1-24-18-10-6-5-9-17(18)22(20(24)29,11-16-7-3-2-4-8-16)12-19(28)23-21(13-25,14-26)15-27/h2-10,25-27H,11-15H2,1H3,(H,23,28)/t22-/m0/s1. The topological polar surface area (TPSA) is 110 Å². The Bertz CT molecular complexity index is 874. The van der Waals surface area contributed by atoms with Gasteiger partial charge in [0.15, 0.2) is 0 Å². The van der Waals surface area contributed by atoms with Gasteiger partial charge >= 0.3 is 0 Å². The fraction of sp³-hybridized carbons (Fsp3) is 0.364. The zero-order valence-electron chi connectivity index (χ0n) is 16.3. The number of hydrogen-bond donors (Lipinski definition) is 4. The minimum atomic E-state index is -1.54. The van der Waals surface area contributed by atoms with Crippen LogP contribution in [0.3, 0.4) is 0 Å². The first-order chi connectivity index (χ1) is 13.9. The van der Waals surface area contributed by atoms with Crippen molar-refractivity contribution in [2.45, 2.75) is 23.8 Å². The number of carbonyl (C=O) groups excluding carboxylic acids is 2. The number of likely N-dealkylation sites (N-methyl/N-ethyl adjacent to an activating group) is 1. The molecule has 3 rings (SSSR count). The molecule has 0 spiro atoms. The molecule has 1 atom stereocenters. The van der Waals surface area contributed by atoms with E-state index in [1.54, 1.807) is 11.9 Å². The van der Waals surface area contributed by atoms with E-state index in [-0.39, 0.29) is 12.3 Å². The van der Waals surface area contributed by atoms with Crippen LogP contribution in [0.1, 0.15) is 17.5 Å². The third kappa shape index (κ3) is 3.76. The molecule has 0 unspecified atom stereocenters. The van der Waals surface area contributed by atoms with Crippen LogP contribution in [0.4, 0.5) is 5.69 Å². The monoisotopic (exact) mass is 398 g/mol. The number of benzene rings is 2. The second-order valence-corrected chi connectivity index (χ2v) is 7.61. The first-order valence-corrected chi connectivity index (χ1v) is 9.46. The third-order valence-electron chi connectivity index (χ3n) is 5.62. The van der Waals surface area contributed by atoms with Gasteiger partial charge in [-0.2, -0.15) is 0 Å². The Hall–Kier alpha value is -2.74. The van der Waals surface area contributed by atoms with Crippen molar-refractivity contribution in [2.24, 2.45) is 0 Å². The Morgan fingerprint density at radius 2 is 1.59 bits per heavy atom. The summed E-state index contributed by atoms with van der Waals surface area (Å²) in [6.45, 7) is -1.87. The van der Waals surface area contributed by atoms with Crippen molar-refractivity contribution in [3.8, 4) is 0 Å². The average Bonchev–Trinajstić information content (AvgIpc) is 2.95. The molecule has 0 saturated carbocycles. The number of carbonyl (C=O) groups is 2. The minimum Gasteiger partial charge on any atom is -0.394 e. The molecule has 0 bridgehead atoms. The van der Waals surface area contributed by atoms with Gasteiger partial charge in [-0.05, 0) is 23.6 Å². The van der Waals surface area contributed by atoms with Crippen molar-refractivity contribution >= 4 is 17.5 Å². The van der Waals surface area contributed by atoms with Crippen LogP contribution >= 0.6 is 0 Å². The van der Waals surface area contributed by atoms with Crippen LogP contribution in [0.25, 0.3) is 0 Å². The van der Waals surface area contributed by atoms with Crippen LogP contribution in [0.15, 0.2) is 54.6 Å². The molecule has 1 heterocycles. The third-order valence-corrected chi connectivity index (χ3v) is 5.62. The number of amides is 2. The van der Waals surface area contributed by atoms with Crippen LogP contribution in [-0.2, 0) is 21.4 Å². The maximum Gasteiger partial charge on any atom is 0.238 e. The maximum atomic E-state index is 13.4. The molecule has 0 saturated heterocycles. The van der Waals surface area contributed by atoms with E-state index in [1.807, 2.05) is 54.6 Å². The molecule has 154 valence electrons. The quantitative estimate of drug-likeness (QED) is 0.514. The highest BCUT2D eigenvalue weighted by atomic mass is 16.3. The van der Waals surface area contributed by atoms with E-state index in [0.29, 0.717) is 6.42 Å². The SMILES string of the molecule is CN1C(=O)[C@](CC(=O)NC(CO)(CO)CO)(Cc2ccccc2)c2ccccc21. The van der Waals surface area contributed by atoms with Crippen LogP contribution < -0.4 is 10.2 Å². The molecule has 2 aromatic carbocycles. The Morgan fingerprint density at radius 1 is 1.00 bits per heavy atom. The summed E-state index contributed by atoms with van der Waals surface area (Å²) in [5.41, 5.74) is -0.245. The summed E-state index contributed by atoms with van der Waals surface area (Å²) in [4.78, 5) is 27.9. The summed E-state index contributed by atoms with van der Waals surface area (Å²) in [6.07, 6.45) is 0.148. The average molecular weight is 398 g/mol. The highest BCUT2D eigenvalue weighted by molar-refractivity contribution is 6.10. The zero-order chi connectivity index (χ0) is 21.1. The number of fused-ring (bicyclic) bond motifs is 1. The molecule has 2 aromatic rings. The van der Waals surface area contributed by atoms with Gasteiger partial charge in [0.1, 0.15) is 5.54 Å². The van der Waals surface area contributed by atoms with Gasteiger partial charge in [0, 0.05) is 19.2 Å². The molecule has 4 N–H and O–H groups in total.